The van der Waals surface area contributed by atoms with E-state index >= 15 is 0 Å². The first-order chi connectivity index (χ1) is 14.5. The number of hydrogen-bond donors (Lipinski definition) is 1. The van der Waals surface area contributed by atoms with E-state index in [0.717, 1.165) is 10.0 Å². The number of nitriles is 1. The summed E-state index contributed by atoms with van der Waals surface area (Å²) in [5.41, 5.74) is 2.11. The molecule has 3 aromatic rings. The van der Waals surface area contributed by atoms with E-state index in [0.29, 0.717) is 33.1 Å². The van der Waals surface area contributed by atoms with Gasteiger partial charge in [0.05, 0.1) is 15.2 Å². The van der Waals surface area contributed by atoms with Crippen molar-refractivity contribution in [3.8, 4) is 11.8 Å². The summed E-state index contributed by atoms with van der Waals surface area (Å²) in [5.74, 6) is 0.123. The normalized spacial score (nSPS) is 10.9. The van der Waals surface area contributed by atoms with Crippen LogP contribution in [0.3, 0.4) is 0 Å². The number of carbonyl (C=O) groups is 1. The third-order valence-corrected chi connectivity index (χ3v) is 5.82. The Kier molecular flexibility index (Phi) is 7.69. The first-order valence-electron chi connectivity index (χ1n) is 8.81. The predicted octanol–water partition coefficient (Wildman–Crippen LogP) is 6.99. The van der Waals surface area contributed by atoms with E-state index in [1.165, 1.54) is 6.08 Å². The monoisotopic (exact) mass is 544 g/mol. The van der Waals surface area contributed by atoms with Crippen molar-refractivity contribution in [2.75, 3.05) is 5.32 Å². The highest BCUT2D eigenvalue weighted by molar-refractivity contribution is 9.10. The molecule has 30 heavy (non-hydrogen) atoms. The lowest BCUT2D eigenvalue weighted by atomic mass is 10.1. The lowest BCUT2D eigenvalue weighted by molar-refractivity contribution is -0.112. The largest absolute Gasteiger partial charge is 0.488 e. The van der Waals surface area contributed by atoms with Crippen LogP contribution >= 0.6 is 43.5 Å². The van der Waals surface area contributed by atoms with Crippen LogP contribution in [0.4, 0.5) is 5.69 Å². The Balaban J connectivity index is 1.73. The van der Waals surface area contributed by atoms with Gasteiger partial charge in [0.2, 0.25) is 0 Å². The molecule has 0 unspecified atom stereocenters. The molecule has 1 amide bonds. The summed E-state index contributed by atoms with van der Waals surface area (Å²) in [6, 6.07) is 22.0. The molecule has 0 spiro atoms. The summed E-state index contributed by atoms with van der Waals surface area (Å²) in [4.78, 5) is 12.4. The molecule has 0 radical (unpaired) electrons. The zero-order valence-electron chi connectivity index (χ0n) is 15.5. The number of rotatable bonds is 6. The molecule has 0 saturated heterocycles. The van der Waals surface area contributed by atoms with Gasteiger partial charge in [-0.25, -0.2) is 0 Å². The minimum absolute atomic E-state index is 0.0382. The molecular weight excluding hydrogens is 532 g/mol. The molecule has 0 saturated carbocycles. The second kappa shape index (κ2) is 10.4. The topological polar surface area (TPSA) is 62.1 Å². The second-order valence-corrected chi connectivity index (χ2v) is 8.29. The first-order valence-corrected chi connectivity index (χ1v) is 10.8. The Hall–Kier alpha value is -2.59. The number of anilines is 1. The van der Waals surface area contributed by atoms with Gasteiger partial charge in [0.1, 0.15) is 24.0 Å². The SMILES string of the molecule is N#C/C(=C\c1ccc(OCc2ccccc2Br)c(Br)c1)C(=O)Nc1ccccc1Cl. The third kappa shape index (κ3) is 5.73. The molecular formula is C23H15Br2ClN2O2. The summed E-state index contributed by atoms with van der Waals surface area (Å²) in [7, 11) is 0. The van der Waals surface area contributed by atoms with Crippen molar-refractivity contribution in [2.24, 2.45) is 0 Å². The molecule has 0 aliphatic rings. The summed E-state index contributed by atoms with van der Waals surface area (Å²) < 4.78 is 7.56. The fourth-order valence-electron chi connectivity index (χ4n) is 2.56. The van der Waals surface area contributed by atoms with Crippen molar-refractivity contribution in [1.29, 1.82) is 5.26 Å². The zero-order chi connectivity index (χ0) is 21.5. The lowest BCUT2D eigenvalue weighted by Crippen LogP contribution is -2.13. The van der Waals surface area contributed by atoms with Gasteiger partial charge >= 0.3 is 0 Å². The van der Waals surface area contributed by atoms with E-state index in [1.54, 1.807) is 42.5 Å². The van der Waals surface area contributed by atoms with E-state index in [-0.39, 0.29) is 5.57 Å². The Bertz CT molecular complexity index is 1160. The maximum atomic E-state index is 12.4. The van der Waals surface area contributed by atoms with Gasteiger partial charge in [-0.2, -0.15) is 5.26 Å². The molecule has 0 bridgehead atoms. The number of para-hydroxylation sites is 1. The van der Waals surface area contributed by atoms with Crippen LogP contribution in [0, 0.1) is 11.3 Å². The zero-order valence-corrected chi connectivity index (χ0v) is 19.5. The smallest absolute Gasteiger partial charge is 0.266 e. The van der Waals surface area contributed by atoms with E-state index in [9.17, 15) is 10.1 Å². The predicted molar refractivity (Wildman–Crippen MR) is 126 cm³/mol. The van der Waals surface area contributed by atoms with E-state index in [1.807, 2.05) is 30.3 Å². The molecule has 150 valence electrons. The van der Waals surface area contributed by atoms with Gasteiger partial charge in [0.25, 0.3) is 5.91 Å². The highest BCUT2D eigenvalue weighted by atomic mass is 79.9. The van der Waals surface area contributed by atoms with Crippen molar-refractivity contribution in [3.63, 3.8) is 0 Å². The average molecular weight is 547 g/mol. The van der Waals surface area contributed by atoms with Crippen molar-refractivity contribution >= 4 is 61.1 Å². The number of hydrogen-bond acceptors (Lipinski definition) is 3. The minimum Gasteiger partial charge on any atom is -0.488 e. The summed E-state index contributed by atoms with van der Waals surface area (Å²) in [6.45, 7) is 0.402. The van der Waals surface area contributed by atoms with Gasteiger partial charge in [-0.1, -0.05) is 63.9 Å². The molecule has 3 rings (SSSR count). The van der Waals surface area contributed by atoms with Crippen LogP contribution in [0.2, 0.25) is 5.02 Å². The molecule has 4 nitrogen and oxygen atoms in total. The Morgan fingerprint density at radius 3 is 2.50 bits per heavy atom. The molecule has 0 aliphatic heterocycles. The van der Waals surface area contributed by atoms with Crippen LogP contribution in [-0.4, -0.2) is 5.91 Å². The van der Waals surface area contributed by atoms with Gasteiger partial charge in [0, 0.05) is 10.0 Å². The van der Waals surface area contributed by atoms with Crippen molar-refractivity contribution in [1.82, 2.24) is 0 Å². The standard InChI is InChI=1S/C23H15Br2ClN2O2/c24-18-6-2-1-5-16(18)14-30-22-10-9-15(12-19(22)25)11-17(13-27)23(29)28-21-8-4-3-7-20(21)26/h1-12H,14H2,(H,28,29)/b17-11+. The highest BCUT2D eigenvalue weighted by Gasteiger charge is 2.12. The molecule has 3 aromatic carbocycles. The van der Waals surface area contributed by atoms with Crippen LogP contribution < -0.4 is 10.1 Å². The second-order valence-electron chi connectivity index (χ2n) is 6.17. The maximum Gasteiger partial charge on any atom is 0.266 e. The summed E-state index contributed by atoms with van der Waals surface area (Å²) >= 11 is 13.0. The van der Waals surface area contributed by atoms with Gasteiger partial charge in [-0.15, -0.1) is 0 Å². The van der Waals surface area contributed by atoms with E-state index in [4.69, 9.17) is 16.3 Å². The summed E-state index contributed by atoms with van der Waals surface area (Å²) in [6.07, 6.45) is 1.51. The number of benzene rings is 3. The number of nitrogens with zero attached hydrogens (tertiary/aromatic N) is 1. The van der Waals surface area contributed by atoms with Gasteiger partial charge in [0.15, 0.2) is 0 Å². The van der Waals surface area contributed by atoms with Crippen LogP contribution in [-0.2, 0) is 11.4 Å². The fraction of sp³-hybridized carbons (Fsp3) is 0.0435. The molecule has 0 atom stereocenters. The van der Waals surface area contributed by atoms with Crippen molar-refractivity contribution in [3.05, 3.63) is 97.4 Å². The molecule has 0 heterocycles. The molecule has 0 aliphatic carbocycles. The van der Waals surface area contributed by atoms with Crippen molar-refractivity contribution in [2.45, 2.75) is 6.61 Å². The fourth-order valence-corrected chi connectivity index (χ4v) is 3.66. The lowest BCUT2D eigenvalue weighted by Gasteiger charge is -2.10. The van der Waals surface area contributed by atoms with Gasteiger partial charge < -0.3 is 10.1 Å². The maximum absolute atomic E-state index is 12.4. The minimum atomic E-state index is -0.532. The van der Waals surface area contributed by atoms with Gasteiger partial charge in [-0.3, -0.25) is 4.79 Å². The van der Waals surface area contributed by atoms with Crippen molar-refractivity contribution < 1.29 is 9.53 Å². The molecule has 7 heteroatoms. The number of amides is 1. The molecule has 0 aromatic heterocycles. The number of carbonyl (C=O) groups excluding carboxylic acids is 1. The van der Waals surface area contributed by atoms with Crippen LogP contribution in [0.15, 0.2) is 81.2 Å². The van der Waals surface area contributed by atoms with Crippen LogP contribution in [0.5, 0.6) is 5.75 Å². The average Bonchev–Trinajstić information content (AvgIpc) is 2.74. The molecule has 1 N–H and O–H groups in total. The Morgan fingerprint density at radius 1 is 1.07 bits per heavy atom. The summed E-state index contributed by atoms with van der Waals surface area (Å²) in [5, 5.41) is 12.5. The Morgan fingerprint density at radius 2 is 1.80 bits per heavy atom. The van der Waals surface area contributed by atoms with E-state index in [2.05, 4.69) is 37.2 Å². The number of ether oxygens (including phenoxy) is 1. The van der Waals surface area contributed by atoms with E-state index < -0.39 is 5.91 Å². The quantitative estimate of drug-likeness (QED) is 0.268. The number of nitrogens with one attached hydrogen (secondary N) is 1. The Labute approximate surface area is 196 Å². The third-order valence-electron chi connectivity index (χ3n) is 4.10. The number of halogens is 3. The van der Waals surface area contributed by atoms with Crippen LogP contribution in [0.25, 0.3) is 6.08 Å². The van der Waals surface area contributed by atoms with Gasteiger partial charge in [-0.05, 0) is 57.9 Å². The molecule has 0 fully saturated rings. The highest BCUT2D eigenvalue weighted by Crippen LogP contribution is 2.29. The first kappa shape index (κ1) is 22.1. The van der Waals surface area contributed by atoms with Crippen LogP contribution in [0.1, 0.15) is 11.1 Å².